The first-order valence-electron chi connectivity index (χ1n) is 6.83. The predicted octanol–water partition coefficient (Wildman–Crippen LogP) is 3.03. The van der Waals surface area contributed by atoms with Gasteiger partial charge >= 0.3 is 0 Å². The smallest absolute Gasteiger partial charge is 0.231 e. The lowest BCUT2D eigenvalue weighted by Gasteiger charge is -2.23. The van der Waals surface area contributed by atoms with Gasteiger partial charge in [-0.25, -0.2) is 0 Å². The summed E-state index contributed by atoms with van der Waals surface area (Å²) in [6, 6.07) is 7.12. The van der Waals surface area contributed by atoms with E-state index in [1.165, 1.54) is 0 Å². The number of benzene rings is 1. The number of phenols is 1. The van der Waals surface area contributed by atoms with Crippen LogP contribution >= 0.6 is 0 Å². The summed E-state index contributed by atoms with van der Waals surface area (Å²) in [6.07, 6.45) is 1.17. The summed E-state index contributed by atoms with van der Waals surface area (Å²) >= 11 is 0. The molecule has 1 aromatic carbocycles. The molecule has 5 nitrogen and oxygen atoms in total. The molecule has 0 saturated carbocycles. The van der Waals surface area contributed by atoms with Crippen LogP contribution in [0.2, 0.25) is 0 Å². The van der Waals surface area contributed by atoms with Crippen molar-refractivity contribution in [3.8, 4) is 5.75 Å². The number of ether oxygens (including phenoxy) is 1. The standard InChI is InChI=1S/C15H20N2O3/c1-4-15(3,19-5-2)14-16-13(20-17-14)10-11-8-6-7-9-12(11)18/h6-9,18H,4-5,10H2,1-3H3. The van der Waals surface area contributed by atoms with Crippen molar-refractivity contribution in [1.29, 1.82) is 0 Å². The van der Waals surface area contributed by atoms with E-state index in [0.717, 1.165) is 12.0 Å². The van der Waals surface area contributed by atoms with Gasteiger partial charge in [-0.3, -0.25) is 0 Å². The second-order valence-corrected chi connectivity index (χ2v) is 4.83. The summed E-state index contributed by atoms with van der Waals surface area (Å²) in [5.41, 5.74) is 0.229. The summed E-state index contributed by atoms with van der Waals surface area (Å²) in [4.78, 5) is 4.39. The van der Waals surface area contributed by atoms with Crippen LogP contribution in [-0.2, 0) is 16.8 Å². The van der Waals surface area contributed by atoms with E-state index in [-0.39, 0.29) is 5.75 Å². The van der Waals surface area contributed by atoms with Crippen LogP contribution < -0.4 is 0 Å². The van der Waals surface area contributed by atoms with Gasteiger partial charge in [-0.1, -0.05) is 30.3 Å². The Hall–Kier alpha value is -1.88. The van der Waals surface area contributed by atoms with Gasteiger partial charge in [0.05, 0.1) is 6.42 Å². The minimum absolute atomic E-state index is 0.232. The molecule has 1 aromatic heterocycles. The molecular weight excluding hydrogens is 256 g/mol. The molecule has 108 valence electrons. The fraction of sp³-hybridized carbons (Fsp3) is 0.467. The molecule has 0 aliphatic rings. The van der Waals surface area contributed by atoms with Crippen LogP contribution in [0.15, 0.2) is 28.8 Å². The van der Waals surface area contributed by atoms with Crippen molar-refractivity contribution in [3.05, 3.63) is 41.5 Å². The van der Waals surface area contributed by atoms with Crippen molar-refractivity contribution in [3.63, 3.8) is 0 Å². The van der Waals surface area contributed by atoms with E-state index in [9.17, 15) is 5.11 Å². The Kier molecular flexibility index (Phi) is 4.39. The Morgan fingerprint density at radius 3 is 2.70 bits per heavy atom. The van der Waals surface area contributed by atoms with Crippen molar-refractivity contribution in [1.82, 2.24) is 10.1 Å². The lowest BCUT2D eigenvalue weighted by atomic mass is 10.0. The lowest BCUT2D eigenvalue weighted by molar-refractivity contribution is -0.0403. The van der Waals surface area contributed by atoms with Crippen LogP contribution in [-0.4, -0.2) is 21.9 Å². The van der Waals surface area contributed by atoms with Gasteiger partial charge in [0.25, 0.3) is 0 Å². The number of hydrogen-bond donors (Lipinski definition) is 1. The predicted molar refractivity (Wildman–Crippen MR) is 74.5 cm³/mol. The number of aromatic nitrogens is 2. The Morgan fingerprint density at radius 1 is 1.30 bits per heavy atom. The minimum atomic E-state index is -0.533. The largest absolute Gasteiger partial charge is 0.508 e. The van der Waals surface area contributed by atoms with Gasteiger partial charge in [-0.2, -0.15) is 4.98 Å². The molecule has 0 spiro atoms. The fourth-order valence-corrected chi connectivity index (χ4v) is 2.01. The topological polar surface area (TPSA) is 68.4 Å². The molecule has 0 fully saturated rings. The van der Waals surface area contributed by atoms with E-state index in [1.807, 2.05) is 32.9 Å². The Labute approximate surface area is 118 Å². The number of hydrogen-bond acceptors (Lipinski definition) is 5. The molecule has 0 radical (unpaired) electrons. The number of para-hydroxylation sites is 1. The fourth-order valence-electron chi connectivity index (χ4n) is 2.01. The van der Waals surface area contributed by atoms with Gasteiger partial charge < -0.3 is 14.4 Å². The summed E-state index contributed by atoms with van der Waals surface area (Å²) in [5.74, 6) is 1.25. The maximum Gasteiger partial charge on any atom is 0.231 e. The molecule has 2 rings (SSSR count). The average Bonchev–Trinajstić information content (AvgIpc) is 2.91. The molecule has 5 heteroatoms. The first-order chi connectivity index (χ1) is 9.59. The van der Waals surface area contributed by atoms with Crippen LogP contribution in [0.5, 0.6) is 5.75 Å². The van der Waals surface area contributed by atoms with E-state index < -0.39 is 5.60 Å². The van der Waals surface area contributed by atoms with E-state index in [1.54, 1.807) is 12.1 Å². The summed E-state index contributed by atoms with van der Waals surface area (Å²) in [5, 5.41) is 13.8. The van der Waals surface area contributed by atoms with Crippen LogP contribution in [0, 0.1) is 0 Å². The molecule has 0 bridgehead atoms. The third kappa shape index (κ3) is 2.99. The second kappa shape index (κ2) is 6.05. The lowest BCUT2D eigenvalue weighted by Crippen LogP contribution is -2.26. The molecular formula is C15H20N2O3. The summed E-state index contributed by atoms with van der Waals surface area (Å²) in [6.45, 7) is 6.50. The van der Waals surface area contributed by atoms with Crippen LogP contribution in [0.1, 0.15) is 44.5 Å². The highest BCUT2D eigenvalue weighted by Gasteiger charge is 2.30. The summed E-state index contributed by atoms with van der Waals surface area (Å²) < 4.78 is 11.0. The van der Waals surface area contributed by atoms with Gasteiger partial charge in [0.15, 0.2) is 0 Å². The zero-order valence-corrected chi connectivity index (χ0v) is 12.1. The SMILES string of the molecule is CCOC(C)(CC)c1noc(Cc2ccccc2O)n1. The third-order valence-corrected chi connectivity index (χ3v) is 3.41. The van der Waals surface area contributed by atoms with Crippen molar-refractivity contribution >= 4 is 0 Å². The molecule has 1 atom stereocenters. The number of phenolic OH excluding ortho intramolecular Hbond substituents is 1. The molecule has 1 N–H and O–H groups in total. The first-order valence-corrected chi connectivity index (χ1v) is 6.83. The minimum Gasteiger partial charge on any atom is -0.508 e. The summed E-state index contributed by atoms with van der Waals surface area (Å²) in [7, 11) is 0. The second-order valence-electron chi connectivity index (χ2n) is 4.83. The molecule has 0 aliphatic heterocycles. The van der Waals surface area contributed by atoms with E-state index in [4.69, 9.17) is 9.26 Å². The van der Waals surface area contributed by atoms with Crippen LogP contribution in [0.25, 0.3) is 0 Å². The van der Waals surface area contributed by atoms with Crippen molar-refractivity contribution in [2.75, 3.05) is 6.61 Å². The highest BCUT2D eigenvalue weighted by molar-refractivity contribution is 5.33. The van der Waals surface area contributed by atoms with Gasteiger partial charge in [-0.05, 0) is 26.3 Å². The number of aromatic hydroxyl groups is 1. The average molecular weight is 276 g/mol. The highest BCUT2D eigenvalue weighted by atomic mass is 16.5. The van der Waals surface area contributed by atoms with Gasteiger partial charge in [0, 0.05) is 12.2 Å². The molecule has 20 heavy (non-hydrogen) atoms. The highest BCUT2D eigenvalue weighted by Crippen LogP contribution is 2.27. The Morgan fingerprint density at radius 2 is 2.05 bits per heavy atom. The van der Waals surface area contributed by atoms with Gasteiger partial charge in [0.1, 0.15) is 11.4 Å². The molecule has 0 aliphatic carbocycles. The third-order valence-electron chi connectivity index (χ3n) is 3.41. The maximum atomic E-state index is 9.75. The van der Waals surface area contributed by atoms with Crippen LogP contribution in [0.3, 0.4) is 0 Å². The molecule has 0 saturated heterocycles. The van der Waals surface area contributed by atoms with Crippen molar-refractivity contribution in [2.24, 2.45) is 0 Å². The van der Waals surface area contributed by atoms with Crippen LogP contribution in [0.4, 0.5) is 0 Å². The zero-order valence-electron chi connectivity index (χ0n) is 12.1. The van der Waals surface area contributed by atoms with Gasteiger partial charge in [-0.15, -0.1) is 0 Å². The first kappa shape index (κ1) is 14.5. The monoisotopic (exact) mass is 276 g/mol. The normalized spacial score (nSPS) is 14.2. The van der Waals surface area contributed by atoms with E-state index in [0.29, 0.717) is 24.7 Å². The number of nitrogens with zero attached hydrogens (tertiary/aromatic N) is 2. The molecule has 2 aromatic rings. The Balaban J connectivity index is 2.19. The molecule has 0 amide bonds. The van der Waals surface area contributed by atoms with Gasteiger partial charge in [0.2, 0.25) is 11.7 Å². The van der Waals surface area contributed by atoms with Crippen molar-refractivity contribution < 1.29 is 14.4 Å². The van der Waals surface area contributed by atoms with E-state index in [2.05, 4.69) is 10.1 Å². The molecule has 1 heterocycles. The zero-order chi connectivity index (χ0) is 14.6. The quantitative estimate of drug-likeness (QED) is 0.878. The maximum absolute atomic E-state index is 9.75. The Bertz CT molecular complexity index is 568. The van der Waals surface area contributed by atoms with Crippen molar-refractivity contribution in [2.45, 2.75) is 39.2 Å². The van der Waals surface area contributed by atoms with E-state index >= 15 is 0 Å². The number of rotatable bonds is 6. The molecule has 1 unspecified atom stereocenters.